The van der Waals surface area contributed by atoms with Crippen molar-refractivity contribution in [2.75, 3.05) is 0 Å². The first-order chi connectivity index (χ1) is 8.47. The highest BCUT2D eigenvalue weighted by Crippen LogP contribution is 2.27. The first-order valence-corrected chi connectivity index (χ1v) is 5.57. The van der Waals surface area contributed by atoms with Crippen LogP contribution in [0.3, 0.4) is 0 Å². The van der Waals surface area contributed by atoms with Gasteiger partial charge >= 0.3 is 12.6 Å². The summed E-state index contributed by atoms with van der Waals surface area (Å²) in [5, 5.41) is 4.63. The minimum absolute atomic E-state index is 0.256. The number of alkyl halides is 2. The highest BCUT2D eigenvalue weighted by Gasteiger charge is 2.17. The molecule has 1 aromatic carbocycles. The lowest BCUT2D eigenvalue weighted by Crippen LogP contribution is -2.08. The topological polar surface area (TPSA) is 39.9 Å². The average molecular weight is 294 g/mol. The average Bonchev–Trinajstić information content (AvgIpc) is 2.58. The summed E-state index contributed by atoms with van der Waals surface area (Å²) < 4.78 is 29.8. The van der Waals surface area contributed by atoms with E-state index in [9.17, 15) is 8.78 Å². The maximum absolute atomic E-state index is 12.2. The van der Waals surface area contributed by atoms with Crippen LogP contribution in [0.25, 0.3) is 5.69 Å². The van der Waals surface area contributed by atoms with Crippen LogP contribution in [-0.4, -0.2) is 21.4 Å². The normalized spacial score (nSPS) is 11.0. The lowest BCUT2D eigenvalue weighted by Gasteiger charge is -2.08. The Balaban J connectivity index is 2.49. The summed E-state index contributed by atoms with van der Waals surface area (Å²) in [6, 6.07) is 4.25. The van der Waals surface area contributed by atoms with E-state index in [1.807, 2.05) is 0 Å². The zero-order chi connectivity index (χ0) is 13.3. The highest BCUT2D eigenvalue weighted by molar-refractivity contribution is 6.35. The molecule has 1 heterocycles. The van der Waals surface area contributed by atoms with E-state index in [1.54, 1.807) is 13.0 Å². The molecule has 18 heavy (non-hydrogen) atoms. The smallest absolute Gasteiger partial charge is 0.389 e. The number of aromatic nitrogens is 3. The van der Waals surface area contributed by atoms with Gasteiger partial charge in [0.25, 0.3) is 0 Å². The van der Waals surface area contributed by atoms with Gasteiger partial charge in [-0.15, -0.1) is 5.10 Å². The van der Waals surface area contributed by atoms with E-state index in [0.29, 0.717) is 10.7 Å². The summed E-state index contributed by atoms with van der Waals surface area (Å²) in [6.07, 6.45) is 0. The van der Waals surface area contributed by atoms with Crippen LogP contribution < -0.4 is 4.74 Å². The Morgan fingerprint density at radius 1 is 1.33 bits per heavy atom. The number of nitrogens with zero attached hydrogens (tertiary/aromatic N) is 3. The van der Waals surface area contributed by atoms with Gasteiger partial charge in [0.2, 0.25) is 0 Å². The van der Waals surface area contributed by atoms with Gasteiger partial charge in [0.05, 0.1) is 10.7 Å². The third-order valence-electron chi connectivity index (χ3n) is 2.02. The molecule has 96 valence electrons. The van der Waals surface area contributed by atoms with Gasteiger partial charge in [-0.2, -0.15) is 18.4 Å². The molecule has 0 aliphatic heterocycles. The Hall–Kier alpha value is -1.40. The van der Waals surface area contributed by atoms with Crippen LogP contribution in [0, 0.1) is 6.92 Å². The van der Waals surface area contributed by atoms with Gasteiger partial charge in [0.15, 0.2) is 5.82 Å². The highest BCUT2D eigenvalue weighted by atomic mass is 35.5. The predicted octanol–water partition coefficient (Wildman–Crippen LogP) is 3.48. The van der Waals surface area contributed by atoms with E-state index in [0.717, 1.165) is 4.68 Å². The molecule has 0 radical (unpaired) electrons. The van der Waals surface area contributed by atoms with E-state index >= 15 is 0 Å². The first-order valence-electron chi connectivity index (χ1n) is 4.81. The SMILES string of the molecule is Cc1nc(OC(F)F)n(-c2ccc(Cl)cc2Cl)n1. The zero-order valence-electron chi connectivity index (χ0n) is 9.07. The molecule has 8 heteroatoms. The summed E-state index contributed by atoms with van der Waals surface area (Å²) in [6.45, 7) is -1.43. The molecule has 1 aromatic heterocycles. The first kappa shape index (κ1) is 13.0. The number of ether oxygens (including phenoxy) is 1. The van der Waals surface area contributed by atoms with Gasteiger partial charge in [-0.3, -0.25) is 0 Å². The van der Waals surface area contributed by atoms with Crippen molar-refractivity contribution in [3.05, 3.63) is 34.1 Å². The summed E-state index contributed by atoms with van der Waals surface area (Å²) in [4.78, 5) is 3.75. The molecule has 0 bridgehead atoms. The van der Waals surface area contributed by atoms with Crippen molar-refractivity contribution in [1.29, 1.82) is 0 Å². The van der Waals surface area contributed by atoms with Crippen molar-refractivity contribution < 1.29 is 13.5 Å². The molecule has 2 aromatic rings. The van der Waals surface area contributed by atoms with Crippen LogP contribution in [0.4, 0.5) is 8.78 Å². The number of hydrogen-bond donors (Lipinski definition) is 0. The molecule has 0 spiro atoms. The molecule has 0 amide bonds. The summed E-state index contributed by atoms with van der Waals surface area (Å²) >= 11 is 11.7. The molecule has 0 N–H and O–H groups in total. The van der Waals surface area contributed by atoms with E-state index < -0.39 is 6.61 Å². The molecule has 0 unspecified atom stereocenters. The number of hydrogen-bond acceptors (Lipinski definition) is 3. The molecule has 0 saturated heterocycles. The maximum atomic E-state index is 12.2. The molecule has 0 saturated carbocycles. The van der Waals surface area contributed by atoms with Gasteiger partial charge in [0.1, 0.15) is 0 Å². The molecule has 0 atom stereocenters. The van der Waals surface area contributed by atoms with Crippen molar-refractivity contribution in [1.82, 2.24) is 14.8 Å². The second kappa shape index (κ2) is 5.07. The second-order valence-electron chi connectivity index (χ2n) is 3.33. The lowest BCUT2D eigenvalue weighted by molar-refractivity contribution is -0.0574. The van der Waals surface area contributed by atoms with Gasteiger partial charge in [-0.25, -0.2) is 0 Å². The fourth-order valence-corrected chi connectivity index (χ4v) is 1.85. The van der Waals surface area contributed by atoms with Crippen LogP contribution in [0.5, 0.6) is 6.01 Å². The monoisotopic (exact) mass is 293 g/mol. The van der Waals surface area contributed by atoms with Crippen LogP contribution in [0.1, 0.15) is 5.82 Å². The quantitative estimate of drug-likeness (QED) is 0.870. The van der Waals surface area contributed by atoms with Crippen LogP contribution >= 0.6 is 23.2 Å². The van der Waals surface area contributed by atoms with Crippen molar-refractivity contribution in [2.24, 2.45) is 0 Å². The molecule has 2 rings (SSSR count). The molecule has 0 aliphatic carbocycles. The van der Waals surface area contributed by atoms with Crippen LogP contribution in [0.2, 0.25) is 10.0 Å². The minimum atomic E-state index is -2.99. The molecular formula is C10H7Cl2F2N3O. The lowest BCUT2D eigenvalue weighted by atomic mass is 10.3. The summed E-state index contributed by atoms with van der Waals surface area (Å²) in [5.41, 5.74) is 0.359. The molecule has 0 fully saturated rings. The third-order valence-corrected chi connectivity index (χ3v) is 2.55. The fraction of sp³-hybridized carbons (Fsp3) is 0.200. The van der Waals surface area contributed by atoms with Crippen molar-refractivity contribution in [3.63, 3.8) is 0 Å². The van der Waals surface area contributed by atoms with Gasteiger partial charge < -0.3 is 4.74 Å². The van der Waals surface area contributed by atoms with Crippen LogP contribution in [-0.2, 0) is 0 Å². The summed E-state index contributed by atoms with van der Waals surface area (Å²) in [5.74, 6) is 0.289. The Labute approximate surface area is 111 Å². The Morgan fingerprint density at radius 2 is 2.06 bits per heavy atom. The number of halogens is 4. The minimum Gasteiger partial charge on any atom is -0.401 e. The largest absolute Gasteiger partial charge is 0.401 e. The van der Waals surface area contributed by atoms with E-state index in [-0.39, 0.29) is 16.9 Å². The van der Waals surface area contributed by atoms with Gasteiger partial charge in [-0.1, -0.05) is 23.2 Å². The van der Waals surface area contributed by atoms with Crippen molar-refractivity contribution >= 4 is 23.2 Å². The standard InChI is InChI=1S/C10H7Cl2F2N3O/c1-5-15-10(18-9(13)14)17(16-5)8-3-2-6(11)4-7(8)12/h2-4,9H,1H3. The Bertz CT molecular complexity index is 574. The second-order valence-corrected chi connectivity index (χ2v) is 4.17. The predicted molar refractivity (Wildman–Crippen MR) is 62.7 cm³/mol. The van der Waals surface area contributed by atoms with Gasteiger partial charge in [-0.05, 0) is 25.1 Å². The Kier molecular flexibility index (Phi) is 3.68. The molecule has 4 nitrogen and oxygen atoms in total. The molecular weight excluding hydrogens is 287 g/mol. The number of benzene rings is 1. The number of rotatable bonds is 3. The van der Waals surface area contributed by atoms with Gasteiger partial charge in [0, 0.05) is 5.02 Å². The zero-order valence-corrected chi connectivity index (χ0v) is 10.6. The summed E-state index contributed by atoms with van der Waals surface area (Å²) in [7, 11) is 0. The van der Waals surface area contributed by atoms with E-state index in [1.165, 1.54) is 12.1 Å². The fourth-order valence-electron chi connectivity index (χ4n) is 1.36. The third kappa shape index (κ3) is 2.70. The number of aryl methyl sites for hydroxylation is 1. The van der Waals surface area contributed by atoms with Crippen molar-refractivity contribution in [3.8, 4) is 11.7 Å². The van der Waals surface area contributed by atoms with E-state index in [2.05, 4.69) is 14.8 Å². The van der Waals surface area contributed by atoms with E-state index in [4.69, 9.17) is 23.2 Å². The van der Waals surface area contributed by atoms with Crippen molar-refractivity contribution in [2.45, 2.75) is 13.5 Å². The molecule has 0 aliphatic rings. The maximum Gasteiger partial charge on any atom is 0.389 e. The Morgan fingerprint density at radius 3 is 2.67 bits per heavy atom. The van der Waals surface area contributed by atoms with Crippen LogP contribution in [0.15, 0.2) is 18.2 Å².